The van der Waals surface area contributed by atoms with E-state index in [-0.39, 0.29) is 29.2 Å². The van der Waals surface area contributed by atoms with E-state index in [1.807, 2.05) is 26.0 Å². The summed E-state index contributed by atoms with van der Waals surface area (Å²) in [6.07, 6.45) is 2.47. The van der Waals surface area contributed by atoms with Gasteiger partial charge in [-0.3, -0.25) is 15.0 Å². The normalized spacial score (nSPS) is 15.1. The zero-order valence-electron chi connectivity index (χ0n) is 20.3. The van der Waals surface area contributed by atoms with Crippen LogP contribution in [0.25, 0.3) is 22.4 Å². The minimum atomic E-state index is -0.280. The lowest BCUT2D eigenvalue weighted by molar-refractivity contribution is -0.114. The van der Waals surface area contributed by atoms with Crippen molar-refractivity contribution < 1.29 is 19.5 Å². The number of anilines is 1. The number of aromatic hydroxyl groups is 2. The molecule has 1 aliphatic heterocycles. The van der Waals surface area contributed by atoms with Crippen molar-refractivity contribution in [1.82, 2.24) is 10.1 Å². The van der Waals surface area contributed by atoms with Crippen LogP contribution >= 0.6 is 0 Å². The fourth-order valence-electron chi connectivity index (χ4n) is 4.49. The van der Waals surface area contributed by atoms with Crippen LogP contribution in [0.1, 0.15) is 57.6 Å². The standard InChI is InChI=1S/C27H33N3O4/c1-16(2)21-13-22(24(33)14-23(21)32)26-25(27(34-29-26)28-18(4)31)20-7-5-19(6-8-20)15-30-11-9-17(3)10-12-30/h5-8,13-14,16-17,32-33H,9-12,15H2,1-4H3,(H,28,31). The Morgan fingerprint density at radius 1 is 1.15 bits per heavy atom. The number of piperidine rings is 1. The SMILES string of the molecule is CC(=O)Nc1onc(-c2cc(C(C)C)c(O)cc2O)c1-c1ccc(CN2CCC(C)CC2)cc1. The number of carbonyl (C=O) groups is 1. The second kappa shape index (κ2) is 9.89. The number of likely N-dealkylation sites (tertiary alicyclic amines) is 1. The van der Waals surface area contributed by atoms with E-state index in [2.05, 4.69) is 34.4 Å². The first-order chi connectivity index (χ1) is 16.2. The van der Waals surface area contributed by atoms with E-state index in [0.29, 0.717) is 22.4 Å². The van der Waals surface area contributed by atoms with Crippen molar-refractivity contribution in [3.8, 4) is 33.9 Å². The topological polar surface area (TPSA) is 98.8 Å². The third-order valence-corrected chi connectivity index (χ3v) is 6.53. The number of nitrogens with one attached hydrogen (secondary N) is 1. The Kier molecular flexibility index (Phi) is 6.93. The largest absolute Gasteiger partial charge is 0.508 e. The summed E-state index contributed by atoms with van der Waals surface area (Å²) in [5, 5.41) is 27.8. The van der Waals surface area contributed by atoms with Crippen molar-refractivity contribution in [1.29, 1.82) is 0 Å². The summed E-state index contributed by atoms with van der Waals surface area (Å²) < 4.78 is 5.50. The summed E-state index contributed by atoms with van der Waals surface area (Å²) in [5.41, 5.74) is 4.14. The van der Waals surface area contributed by atoms with Gasteiger partial charge in [0.2, 0.25) is 11.8 Å². The third kappa shape index (κ3) is 5.09. The Morgan fingerprint density at radius 3 is 2.44 bits per heavy atom. The van der Waals surface area contributed by atoms with Crippen molar-refractivity contribution in [2.45, 2.75) is 53.0 Å². The number of carbonyl (C=O) groups excluding carboxylic acids is 1. The molecule has 0 bridgehead atoms. The maximum absolute atomic E-state index is 11.8. The maximum Gasteiger partial charge on any atom is 0.239 e. The summed E-state index contributed by atoms with van der Waals surface area (Å²) in [6, 6.07) is 11.2. The van der Waals surface area contributed by atoms with Crippen molar-refractivity contribution in [2.24, 2.45) is 5.92 Å². The fourth-order valence-corrected chi connectivity index (χ4v) is 4.49. The number of amides is 1. The minimum absolute atomic E-state index is 0.0276. The van der Waals surface area contributed by atoms with Gasteiger partial charge in [-0.25, -0.2) is 0 Å². The molecule has 4 rings (SSSR count). The van der Waals surface area contributed by atoms with Gasteiger partial charge in [0.25, 0.3) is 0 Å². The molecule has 2 heterocycles. The van der Waals surface area contributed by atoms with Crippen LogP contribution in [0.5, 0.6) is 11.5 Å². The molecular weight excluding hydrogens is 430 g/mol. The average Bonchev–Trinajstić information content (AvgIpc) is 3.18. The molecule has 1 aliphatic rings. The molecule has 180 valence electrons. The van der Waals surface area contributed by atoms with Gasteiger partial charge in [-0.05, 0) is 60.5 Å². The van der Waals surface area contributed by atoms with Gasteiger partial charge in [0.15, 0.2) is 0 Å². The van der Waals surface area contributed by atoms with Gasteiger partial charge in [0.1, 0.15) is 17.2 Å². The third-order valence-electron chi connectivity index (χ3n) is 6.53. The van der Waals surface area contributed by atoms with Gasteiger partial charge in [0, 0.05) is 25.1 Å². The molecule has 0 unspecified atom stereocenters. The lowest BCUT2D eigenvalue weighted by Gasteiger charge is -2.30. The highest BCUT2D eigenvalue weighted by Gasteiger charge is 2.24. The first-order valence-corrected chi connectivity index (χ1v) is 11.9. The van der Waals surface area contributed by atoms with E-state index >= 15 is 0 Å². The van der Waals surface area contributed by atoms with Gasteiger partial charge < -0.3 is 14.7 Å². The van der Waals surface area contributed by atoms with Gasteiger partial charge in [0.05, 0.1) is 5.56 Å². The van der Waals surface area contributed by atoms with Crippen LogP contribution in [0.15, 0.2) is 40.9 Å². The highest BCUT2D eigenvalue weighted by atomic mass is 16.5. The molecule has 3 aromatic rings. The van der Waals surface area contributed by atoms with E-state index in [4.69, 9.17) is 4.52 Å². The van der Waals surface area contributed by atoms with Crippen LogP contribution < -0.4 is 5.32 Å². The van der Waals surface area contributed by atoms with Crippen LogP contribution in [-0.2, 0) is 11.3 Å². The predicted molar refractivity (Wildman–Crippen MR) is 133 cm³/mol. The molecule has 0 radical (unpaired) electrons. The average molecular weight is 464 g/mol. The number of nitrogens with zero attached hydrogens (tertiary/aromatic N) is 2. The Hall–Kier alpha value is -3.32. The number of hydrogen-bond donors (Lipinski definition) is 3. The number of benzene rings is 2. The van der Waals surface area contributed by atoms with Crippen molar-refractivity contribution in [3.63, 3.8) is 0 Å². The van der Waals surface area contributed by atoms with Gasteiger partial charge in [-0.1, -0.05) is 50.2 Å². The van der Waals surface area contributed by atoms with Gasteiger partial charge in [-0.15, -0.1) is 0 Å². The van der Waals surface area contributed by atoms with E-state index in [1.54, 1.807) is 6.07 Å². The zero-order chi connectivity index (χ0) is 24.4. The van der Waals surface area contributed by atoms with Crippen LogP contribution in [0.4, 0.5) is 5.88 Å². The quantitative estimate of drug-likeness (QED) is 0.432. The zero-order valence-corrected chi connectivity index (χ0v) is 20.3. The molecule has 2 aromatic carbocycles. The molecule has 1 saturated heterocycles. The molecule has 34 heavy (non-hydrogen) atoms. The van der Waals surface area contributed by atoms with E-state index in [0.717, 1.165) is 31.1 Å². The Balaban J connectivity index is 1.71. The van der Waals surface area contributed by atoms with Crippen LogP contribution in [-0.4, -0.2) is 39.3 Å². The molecule has 0 spiro atoms. The lowest BCUT2D eigenvalue weighted by Crippen LogP contribution is -2.32. The first-order valence-electron chi connectivity index (χ1n) is 11.9. The number of phenols is 2. The summed E-state index contributed by atoms with van der Waals surface area (Å²) in [6.45, 7) is 10.8. The minimum Gasteiger partial charge on any atom is -0.508 e. The first kappa shape index (κ1) is 23.8. The lowest BCUT2D eigenvalue weighted by atomic mass is 9.94. The Morgan fingerprint density at radius 2 is 1.82 bits per heavy atom. The summed E-state index contributed by atoms with van der Waals surface area (Å²) in [4.78, 5) is 14.3. The van der Waals surface area contributed by atoms with Gasteiger partial charge in [-0.2, -0.15) is 0 Å². The summed E-state index contributed by atoms with van der Waals surface area (Å²) in [5.74, 6) is 0.699. The molecule has 1 fully saturated rings. The van der Waals surface area contributed by atoms with E-state index in [9.17, 15) is 15.0 Å². The highest BCUT2D eigenvalue weighted by molar-refractivity contribution is 5.97. The highest BCUT2D eigenvalue weighted by Crippen LogP contribution is 2.44. The van der Waals surface area contributed by atoms with Crippen LogP contribution in [0, 0.1) is 5.92 Å². The molecular formula is C27H33N3O4. The number of phenolic OH excluding ortho intramolecular Hbond substituents is 2. The molecule has 0 saturated carbocycles. The molecule has 0 atom stereocenters. The van der Waals surface area contributed by atoms with E-state index in [1.165, 1.54) is 31.4 Å². The maximum atomic E-state index is 11.8. The predicted octanol–water partition coefficient (Wildman–Crippen LogP) is 5.73. The van der Waals surface area contributed by atoms with Crippen LogP contribution in [0.3, 0.4) is 0 Å². The molecule has 7 heteroatoms. The molecule has 7 nitrogen and oxygen atoms in total. The van der Waals surface area contributed by atoms with E-state index < -0.39 is 0 Å². The van der Waals surface area contributed by atoms with Crippen molar-refractivity contribution in [3.05, 3.63) is 47.5 Å². The summed E-state index contributed by atoms with van der Waals surface area (Å²) in [7, 11) is 0. The van der Waals surface area contributed by atoms with Crippen molar-refractivity contribution >= 4 is 11.8 Å². The number of aromatic nitrogens is 1. The second-order valence-corrected chi connectivity index (χ2v) is 9.65. The molecule has 3 N–H and O–H groups in total. The monoisotopic (exact) mass is 463 g/mol. The van der Waals surface area contributed by atoms with Gasteiger partial charge >= 0.3 is 0 Å². The van der Waals surface area contributed by atoms with Crippen molar-refractivity contribution in [2.75, 3.05) is 18.4 Å². The second-order valence-electron chi connectivity index (χ2n) is 9.65. The fraction of sp³-hybridized carbons (Fsp3) is 0.407. The molecule has 1 aromatic heterocycles. The molecule has 1 amide bonds. The summed E-state index contributed by atoms with van der Waals surface area (Å²) >= 11 is 0. The van der Waals surface area contributed by atoms with Crippen LogP contribution in [0.2, 0.25) is 0 Å². The Labute approximate surface area is 200 Å². The smallest absolute Gasteiger partial charge is 0.239 e. The number of rotatable bonds is 6. The Bertz CT molecular complexity index is 1160. The number of hydrogen-bond acceptors (Lipinski definition) is 6. The molecule has 0 aliphatic carbocycles.